The average Bonchev–Trinajstić information content (AvgIpc) is 2.11. The van der Waals surface area contributed by atoms with E-state index in [0.29, 0.717) is 11.7 Å². The van der Waals surface area contributed by atoms with Gasteiger partial charge in [-0.1, -0.05) is 26.0 Å². The summed E-state index contributed by atoms with van der Waals surface area (Å²) in [6.45, 7) is 6.93. The summed E-state index contributed by atoms with van der Waals surface area (Å²) in [6, 6.07) is 4.08. The molecule has 2 heteroatoms. The van der Waals surface area contributed by atoms with Crippen LogP contribution in [0, 0.1) is 6.92 Å². The van der Waals surface area contributed by atoms with Crippen LogP contribution in [0.25, 0.3) is 0 Å². The summed E-state index contributed by atoms with van der Waals surface area (Å²) in [5.74, 6) is 0.820. The molecule has 1 aromatic rings. The molecule has 0 saturated heterocycles. The lowest BCUT2D eigenvalue weighted by Crippen LogP contribution is -2.08. The van der Waals surface area contributed by atoms with Crippen LogP contribution in [0.3, 0.4) is 0 Å². The van der Waals surface area contributed by atoms with Gasteiger partial charge >= 0.3 is 0 Å². The van der Waals surface area contributed by atoms with Crippen LogP contribution in [0.1, 0.15) is 36.5 Å². The van der Waals surface area contributed by atoms with Crippen LogP contribution in [0.15, 0.2) is 12.1 Å². The Bertz CT molecular complexity index is 318. The van der Waals surface area contributed by atoms with Crippen molar-refractivity contribution in [3.05, 3.63) is 28.8 Å². The van der Waals surface area contributed by atoms with Gasteiger partial charge in [0.2, 0.25) is 0 Å². The Labute approximate surface area is 86.0 Å². The lowest BCUT2D eigenvalue weighted by Gasteiger charge is -2.14. The van der Waals surface area contributed by atoms with Crippen molar-refractivity contribution in [3.8, 4) is 5.75 Å². The van der Waals surface area contributed by atoms with Crippen molar-refractivity contribution in [2.24, 2.45) is 0 Å². The van der Waals surface area contributed by atoms with E-state index in [1.165, 1.54) is 0 Å². The lowest BCUT2D eigenvalue weighted by atomic mass is 9.96. The third-order valence-corrected chi connectivity index (χ3v) is 2.52. The number of phenols is 1. The first-order valence-electron chi connectivity index (χ1n) is 5.03. The van der Waals surface area contributed by atoms with Gasteiger partial charge < -0.3 is 10.4 Å². The van der Waals surface area contributed by atoms with E-state index in [1.54, 1.807) is 0 Å². The molecule has 2 nitrogen and oxygen atoms in total. The van der Waals surface area contributed by atoms with E-state index in [9.17, 15) is 5.11 Å². The van der Waals surface area contributed by atoms with Crippen molar-refractivity contribution in [2.75, 3.05) is 7.05 Å². The summed E-state index contributed by atoms with van der Waals surface area (Å²) in [5, 5.41) is 13.1. The Morgan fingerprint density at radius 2 is 2.00 bits per heavy atom. The van der Waals surface area contributed by atoms with Crippen molar-refractivity contribution in [1.29, 1.82) is 0 Å². The van der Waals surface area contributed by atoms with Crippen LogP contribution in [-0.4, -0.2) is 12.2 Å². The number of benzene rings is 1. The molecule has 0 saturated carbocycles. The zero-order chi connectivity index (χ0) is 10.7. The molecule has 0 heterocycles. The van der Waals surface area contributed by atoms with E-state index in [1.807, 2.05) is 20.0 Å². The third-order valence-electron chi connectivity index (χ3n) is 2.52. The van der Waals surface area contributed by atoms with E-state index in [-0.39, 0.29) is 0 Å². The van der Waals surface area contributed by atoms with Gasteiger partial charge in [0.25, 0.3) is 0 Å². The summed E-state index contributed by atoms with van der Waals surface area (Å²) in [4.78, 5) is 0. The molecule has 0 radical (unpaired) electrons. The van der Waals surface area contributed by atoms with E-state index >= 15 is 0 Å². The summed E-state index contributed by atoms with van der Waals surface area (Å²) in [6.07, 6.45) is 0. The highest BCUT2D eigenvalue weighted by atomic mass is 16.3. The molecule has 1 aromatic carbocycles. The van der Waals surface area contributed by atoms with Crippen LogP contribution in [0.2, 0.25) is 0 Å². The Kier molecular flexibility index (Phi) is 3.53. The number of hydrogen-bond donors (Lipinski definition) is 2. The van der Waals surface area contributed by atoms with Crippen LogP contribution in [-0.2, 0) is 6.54 Å². The van der Waals surface area contributed by atoms with Crippen molar-refractivity contribution in [1.82, 2.24) is 5.32 Å². The first-order chi connectivity index (χ1) is 6.57. The molecular formula is C12H19NO. The van der Waals surface area contributed by atoms with Crippen molar-refractivity contribution in [2.45, 2.75) is 33.2 Å². The highest BCUT2D eigenvalue weighted by Crippen LogP contribution is 2.30. The van der Waals surface area contributed by atoms with E-state index in [2.05, 4.69) is 25.2 Å². The van der Waals surface area contributed by atoms with E-state index in [4.69, 9.17) is 0 Å². The third kappa shape index (κ3) is 2.07. The van der Waals surface area contributed by atoms with Crippen molar-refractivity contribution in [3.63, 3.8) is 0 Å². The lowest BCUT2D eigenvalue weighted by molar-refractivity contribution is 0.455. The maximum Gasteiger partial charge on any atom is 0.123 e. The van der Waals surface area contributed by atoms with Crippen LogP contribution < -0.4 is 5.32 Å². The molecule has 0 aliphatic heterocycles. The van der Waals surface area contributed by atoms with Gasteiger partial charge in [-0.2, -0.15) is 0 Å². The summed E-state index contributed by atoms with van der Waals surface area (Å²) in [5.41, 5.74) is 3.18. The molecule has 0 unspecified atom stereocenters. The molecule has 0 atom stereocenters. The van der Waals surface area contributed by atoms with Gasteiger partial charge in [-0.05, 0) is 31.0 Å². The molecule has 2 N–H and O–H groups in total. The molecule has 0 amide bonds. The smallest absolute Gasteiger partial charge is 0.123 e. The molecule has 0 aliphatic rings. The predicted molar refractivity (Wildman–Crippen MR) is 59.7 cm³/mol. The van der Waals surface area contributed by atoms with Gasteiger partial charge in [-0.15, -0.1) is 0 Å². The number of rotatable bonds is 3. The normalized spacial score (nSPS) is 10.9. The van der Waals surface area contributed by atoms with Crippen molar-refractivity contribution >= 4 is 0 Å². The first-order valence-corrected chi connectivity index (χ1v) is 5.03. The minimum absolute atomic E-state index is 0.367. The van der Waals surface area contributed by atoms with Crippen LogP contribution in [0.4, 0.5) is 0 Å². The molecular weight excluding hydrogens is 174 g/mol. The average molecular weight is 193 g/mol. The van der Waals surface area contributed by atoms with Gasteiger partial charge in [0.05, 0.1) is 0 Å². The van der Waals surface area contributed by atoms with Crippen LogP contribution >= 0.6 is 0 Å². The number of nitrogens with one attached hydrogen (secondary N) is 1. The highest BCUT2D eigenvalue weighted by Gasteiger charge is 2.11. The summed E-state index contributed by atoms with van der Waals surface area (Å²) < 4.78 is 0. The number of hydrogen-bond acceptors (Lipinski definition) is 2. The second-order valence-corrected chi connectivity index (χ2v) is 3.98. The van der Waals surface area contributed by atoms with E-state index in [0.717, 1.165) is 23.2 Å². The van der Waals surface area contributed by atoms with Gasteiger partial charge in [0.1, 0.15) is 5.75 Å². The second-order valence-electron chi connectivity index (χ2n) is 3.98. The molecule has 0 aromatic heterocycles. The van der Waals surface area contributed by atoms with Gasteiger partial charge in [-0.25, -0.2) is 0 Å². The zero-order valence-electron chi connectivity index (χ0n) is 9.39. The minimum Gasteiger partial charge on any atom is -0.507 e. The molecule has 0 bridgehead atoms. The fourth-order valence-corrected chi connectivity index (χ4v) is 1.62. The Morgan fingerprint density at radius 1 is 1.36 bits per heavy atom. The fourth-order valence-electron chi connectivity index (χ4n) is 1.62. The largest absolute Gasteiger partial charge is 0.507 e. The van der Waals surface area contributed by atoms with Gasteiger partial charge in [0, 0.05) is 12.1 Å². The molecule has 0 fully saturated rings. The summed E-state index contributed by atoms with van der Waals surface area (Å²) in [7, 11) is 1.89. The SMILES string of the molecule is CNCc1c(C)ccc(C(C)C)c1O. The first kappa shape index (κ1) is 11.1. The van der Waals surface area contributed by atoms with Gasteiger partial charge in [-0.3, -0.25) is 0 Å². The molecule has 1 rings (SSSR count). The maximum absolute atomic E-state index is 10.0. The number of aryl methyl sites for hydroxylation is 1. The Morgan fingerprint density at radius 3 is 2.50 bits per heavy atom. The summed E-state index contributed by atoms with van der Waals surface area (Å²) >= 11 is 0. The molecule has 0 spiro atoms. The number of phenolic OH excluding ortho intramolecular Hbond substituents is 1. The quantitative estimate of drug-likeness (QED) is 0.773. The van der Waals surface area contributed by atoms with Gasteiger partial charge in [0.15, 0.2) is 0 Å². The molecule has 78 valence electrons. The Balaban J connectivity index is 3.19. The molecule has 0 aliphatic carbocycles. The monoisotopic (exact) mass is 193 g/mol. The second kappa shape index (κ2) is 4.47. The number of aromatic hydroxyl groups is 1. The fraction of sp³-hybridized carbons (Fsp3) is 0.500. The van der Waals surface area contributed by atoms with E-state index < -0.39 is 0 Å². The maximum atomic E-state index is 10.0. The Hall–Kier alpha value is -1.02. The topological polar surface area (TPSA) is 32.3 Å². The zero-order valence-corrected chi connectivity index (χ0v) is 9.39. The van der Waals surface area contributed by atoms with Crippen LogP contribution in [0.5, 0.6) is 5.75 Å². The standard InChI is InChI=1S/C12H19NO/c1-8(2)10-6-5-9(3)11(7-13-4)12(10)14/h5-6,8,13-14H,7H2,1-4H3. The van der Waals surface area contributed by atoms with Crippen molar-refractivity contribution < 1.29 is 5.11 Å². The highest BCUT2D eigenvalue weighted by molar-refractivity contribution is 5.46. The minimum atomic E-state index is 0.367. The predicted octanol–water partition coefficient (Wildman–Crippen LogP) is 2.54. The molecule has 14 heavy (non-hydrogen) atoms.